The third kappa shape index (κ3) is 8.71. The molecule has 0 spiro atoms. The van der Waals surface area contributed by atoms with Crippen LogP contribution in [0.2, 0.25) is 0 Å². The van der Waals surface area contributed by atoms with E-state index in [9.17, 15) is 0 Å². The minimum absolute atomic E-state index is 0.890. The van der Waals surface area contributed by atoms with Crippen molar-refractivity contribution in [1.82, 2.24) is 0 Å². The molecule has 12 aromatic rings. The molecule has 0 radical (unpaired) electrons. The maximum Gasteiger partial charge on any atom is 0.135 e. The first-order valence-electron chi connectivity index (χ1n) is 24.1. The molecule has 1 aromatic heterocycles. The molecule has 12 rings (SSSR count). The lowest BCUT2D eigenvalue weighted by Gasteiger charge is -2.33. The van der Waals surface area contributed by atoms with Gasteiger partial charge < -0.3 is 19.1 Å². The molecule has 0 aliphatic rings. The predicted molar refractivity (Wildman–Crippen MR) is 299 cm³/mol. The van der Waals surface area contributed by atoms with E-state index < -0.39 is 0 Å². The van der Waals surface area contributed by atoms with E-state index in [0.29, 0.717) is 0 Å². The van der Waals surface area contributed by atoms with Crippen LogP contribution < -0.4 is 14.7 Å². The second-order valence-electron chi connectivity index (χ2n) is 17.9. The fourth-order valence-electron chi connectivity index (χ4n) is 9.81. The molecule has 0 aliphatic heterocycles. The van der Waals surface area contributed by atoms with Gasteiger partial charge in [-0.1, -0.05) is 170 Å². The van der Waals surface area contributed by atoms with Gasteiger partial charge in [0.15, 0.2) is 0 Å². The normalized spacial score (nSPS) is 11.2. The van der Waals surface area contributed by atoms with Crippen molar-refractivity contribution < 1.29 is 4.42 Å². The molecular weight excluding hydrogens is 863 g/mol. The zero-order valence-corrected chi connectivity index (χ0v) is 39.3. The van der Waals surface area contributed by atoms with E-state index in [4.69, 9.17) is 4.42 Å². The highest BCUT2D eigenvalue weighted by Crippen LogP contribution is 2.47. The third-order valence-corrected chi connectivity index (χ3v) is 13.3. The Labute approximate surface area is 415 Å². The number of hydrogen-bond donors (Lipinski definition) is 0. The van der Waals surface area contributed by atoms with Gasteiger partial charge in [-0.15, -0.1) is 0 Å². The van der Waals surface area contributed by atoms with Gasteiger partial charge in [0.2, 0.25) is 0 Å². The van der Waals surface area contributed by atoms with Crippen molar-refractivity contribution in [2.75, 3.05) is 14.7 Å². The van der Waals surface area contributed by atoms with Crippen molar-refractivity contribution >= 4 is 73.1 Å². The highest BCUT2D eigenvalue weighted by molar-refractivity contribution is 6.06. The molecule has 0 amide bonds. The molecule has 0 aliphatic carbocycles. The van der Waals surface area contributed by atoms with Gasteiger partial charge in [0.25, 0.3) is 0 Å². The Morgan fingerprint density at radius 1 is 0.225 bits per heavy atom. The van der Waals surface area contributed by atoms with Gasteiger partial charge in [0.05, 0.1) is 17.1 Å². The lowest BCUT2D eigenvalue weighted by atomic mass is 10.0. The van der Waals surface area contributed by atoms with Crippen molar-refractivity contribution in [2.45, 2.75) is 6.92 Å². The summed E-state index contributed by atoms with van der Waals surface area (Å²) in [5.41, 5.74) is 19.2. The van der Waals surface area contributed by atoms with E-state index in [0.717, 1.165) is 95.4 Å². The summed E-state index contributed by atoms with van der Waals surface area (Å²) in [6, 6.07) is 99.9. The first kappa shape index (κ1) is 42.9. The summed E-state index contributed by atoms with van der Waals surface area (Å²) in [7, 11) is 0. The van der Waals surface area contributed by atoms with Crippen molar-refractivity contribution in [3.63, 3.8) is 0 Å². The van der Waals surface area contributed by atoms with Crippen LogP contribution in [0.15, 0.2) is 283 Å². The van der Waals surface area contributed by atoms with Crippen LogP contribution in [0, 0.1) is 6.92 Å². The van der Waals surface area contributed by atoms with Crippen LogP contribution in [0.5, 0.6) is 0 Å². The molecule has 4 nitrogen and oxygen atoms in total. The zero-order chi connectivity index (χ0) is 47.5. The molecule has 0 fully saturated rings. The summed E-state index contributed by atoms with van der Waals surface area (Å²) in [5.74, 6) is 0. The summed E-state index contributed by atoms with van der Waals surface area (Å²) < 4.78 is 6.20. The molecule has 0 N–H and O–H groups in total. The molecule has 338 valence electrons. The summed E-state index contributed by atoms with van der Waals surface area (Å²) in [4.78, 5) is 7.13. The van der Waals surface area contributed by atoms with E-state index in [1.54, 1.807) is 0 Å². The Kier molecular flexibility index (Phi) is 11.5. The fraction of sp³-hybridized carbons (Fsp3) is 0.0149. The molecule has 1 heterocycles. The lowest BCUT2D eigenvalue weighted by Crippen LogP contribution is -2.16. The van der Waals surface area contributed by atoms with Gasteiger partial charge in [-0.25, -0.2) is 0 Å². The van der Waals surface area contributed by atoms with Gasteiger partial charge in [-0.3, -0.25) is 0 Å². The molecule has 0 saturated heterocycles. The number of benzene rings is 11. The minimum Gasteiger partial charge on any atom is -0.456 e. The SMILES string of the molecule is Cc1cccc(N(c2ccc(-c3ccc4oc5ccccc5c4c3)cc2)c2cc(N(c3ccccc3)c3ccc(-c4ccccc4)cc3)cc(N(c3ccccc3)c3ccc(-c4ccccc4)cc3)c2)c1. The van der Waals surface area contributed by atoms with Crippen LogP contribution in [-0.2, 0) is 0 Å². The number of hydrogen-bond acceptors (Lipinski definition) is 4. The molecule has 0 bridgehead atoms. The number of anilines is 9. The molecule has 0 unspecified atom stereocenters. The summed E-state index contributed by atoms with van der Waals surface area (Å²) in [5, 5.41) is 2.24. The largest absolute Gasteiger partial charge is 0.456 e. The van der Waals surface area contributed by atoms with Crippen LogP contribution in [0.3, 0.4) is 0 Å². The predicted octanol–water partition coefficient (Wildman–Crippen LogP) is 19.3. The minimum atomic E-state index is 0.890. The zero-order valence-electron chi connectivity index (χ0n) is 39.3. The van der Waals surface area contributed by atoms with Crippen molar-refractivity contribution in [2.24, 2.45) is 0 Å². The Morgan fingerprint density at radius 3 is 1.06 bits per heavy atom. The van der Waals surface area contributed by atoms with Gasteiger partial charge in [0.1, 0.15) is 11.2 Å². The van der Waals surface area contributed by atoms with Gasteiger partial charge in [0, 0.05) is 44.9 Å². The third-order valence-electron chi connectivity index (χ3n) is 13.3. The molecule has 4 heteroatoms. The molecule has 11 aromatic carbocycles. The van der Waals surface area contributed by atoms with E-state index >= 15 is 0 Å². The van der Waals surface area contributed by atoms with Crippen LogP contribution in [0.4, 0.5) is 51.2 Å². The van der Waals surface area contributed by atoms with Crippen LogP contribution in [0.25, 0.3) is 55.3 Å². The Balaban J connectivity index is 1.05. The summed E-state index contributed by atoms with van der Waals surface area (Å²) in [6.07, 6.45) is 0. The van der Waals surface area contributed by atoms with Crippen molar-refractivity contribution in [1.29, 1.82) is 0 Å². The van der Waals surface area contributed by atoms with Gasteiger partial charge in [-0.05, 0) is 155 Å². The number of aryl methyl sites for hydroxylation is 1. The Morgan fingerprint density at radius 2 is 0.577 bits per heavy atom. The van der Waals surface area contributed by atoms with E-state index in [1.807, 2.05) is 12.1 Å². The first-order valence-corrected chi connectivity index (χ1v) is 24.1. The number of nitrogens with zero attached hydrogens (tertiary/aromatic N) is 3. The summed E-state index contributed by atoms with van der Waals surface area (Å²) >= 11 is 0. The molecule has 0 saturated carbocycles. The highest BCUT2D eigenvalue weighted by Gasteiger charge is 2.23. The van der Waals surface area contributed by atoms with E-state index in [-0.39, 0.29) is 0 Å². The smallest absolute Gasteiger partial charge is 0.135 e. The Hall–Kier alpha value is -9.38. The van der Waals surface area contributed by atoms with Crippen molar-refractivity contribution in [3.8, 4) is 33.4 Å². The van der Waals surface area contributed by atoms with Crippen LogP contribution in [0.1, 0.15) is 5.56 Å². The first-order chi connectivity index (χ1) is 35.1. The van der Waals surface area contributed by atoms with E-state index in [2.05, 4.69) is 289 Å². The maximum atomic E-state index is 6.20. The molecular formula is C67H49N3O. The summed E-state index contributed by atoms with van der Waals surface area (Å²) in [6.45, 7) is 2.16. The monoisotopic (exact) mass is 911 g/mol. The van der Waals surface area contributed by atoms with E-state index in [1.165, 1.54) is 16.7 Å². The van der Waals surface area contributed by atoms with Crippen molar-refractivity contribution in [3.05, 3.63) is 285 Å². The average Bonchev–Trinajstić information content (AvgIpc) is 3.81. The maximum absolute atomic E-state index is 6.20. The second-order valence-corrected chi connectivity index (χ2v) is 17.9. The number of fused-ring (bicyclic) bond motifs is 3. The fourth-order valence-corrected chi connectivity index (χ4v) is 9.81. The highest BCUT2D eigenvalue weighted by atomic mass is 16.3. The molecule has 0 atom stereocenters. The molecule has 71 heavy (non-hydrogen) atoms. The second kappa shape index (κ2) is 19.0. The average molecular weight is 912 g/mol. The van der Waals surface area contributed by atoms with Gasteiger partial charge in [-0.2, -0.15) is 0 Å². The number of para-hydroxylation sites is 3. The van der Waals surface area contributed by atoms with Crippen LogP contribution >= 0.6 is 0 Å². The topological polar surface area (TPSA) is 22.9 Å². The standard InChI is InChI=1S/C67H49N3O/c1-48-17-16-26-60(43-48)70(59-40-33-53(34-41-59)54-35-42-67-65(44-54)64-27-14-15-28-66(64)71-67)63-46-61(68(55-22-10-4-11-23-55)57-36-29-51(30-37-57)49-18-6-2-7-19-49)45-62(47-63)69(56-24-12-5-13-25-56)58-38-31-52(32-39-58)50-20-8-3-9-21-50/h2-47H,1H3. The number of rotatable bonds is 12. The van der Waals surface area contributed by atoms with Crippen LogP contribution in [-0.4, -0.2) is 0 Å². The lowest BCUT2D eigenvalue weighted by molar-refractivity contribution is 0.669. The number of furan rings is 1. The quantitative estimate of drug-likeness (QED) is 0.122. The Bertz CT molecular complexity index is 3600. The van der Waals surface area contributed by atoms with Gasteiger partial charge >= 0.3 is 0 Å².